The largest absolute Gasteiger partial charge is 0.457 e. The maximum Gasteiger partial charge on any atom is 0.239 e. The molecule has 3 amide bonds. The molecule has 41 heavy (non-hydrogen) atoms. The van der Waals surface area contributed by atoms with E-state index in [-0.39, 0.29) is 36.8 Å². The van der Waals surface area contributed by atoms with E-state index in [1.54, 1.807) is 20.7 Å². The van der Waals surface area contributed by atoms with Crippen molar-refractivity contribution in [3.05, 3.63) is 77.6 Å². The van der Waals surface area contributed by atoms with Crippen LogP contribution in [-0.4, -0.2) is 75.6 Å². The summed E-state index contributed by atoms with van der Waals surface area (Å²) >= 11 is 0. The van der Waals surface area contributed by atoms with Crippen molar-refractivity contribution in [1.82, 2.24) is 24.9 Å². The lowest BCUT2D eigenvalue weighted by Crippen LogP contribution is -2.58. The van der Waals surface area contributed by atoms with Crippen molar-refractivity contribution in [3.8, 4) is 11.5 Å². The Hall–Kier alpha value is -4.18. The van der Waals surface area contributed by atoms with Crippen molar-refractivity contribution >= 4 is 17.7 Å². The predicted octanol–water partition coefficient (Wildman–Crippen LogP) is 2.85. The molecule has 0 radical (unpaired) electrons. The Morgan fingerprint density at radius 2 is 1.85 bits per heavy atom. The number of amides is 3. The van der Waals surface area contributed by atoms with Crippen molar-refractivity contribution in [2.24, 2.45) is 7.05 Å². The fraction of sp³-hybridized carbons (Fsp3) is 0.419. The summed E-state index contributed by atoms with van der Waals surface area (Å²) in [5.41, 5.74) is 2.76. The van der Waals surface area contributed by atoms with Crippen LogP contribution < -0.4 is 10.1 Å². The lowest BCUT2D eigenvalue weighted by molar-refractivity contribution is -0.139. The lowest BCUT2D eigenvalue weighted by Gasteiger charge is -2.39. The van der Waals surface area contributed by atoms with E-state index >= 15 is 0 Å². The first-order valence-corrected chi connectivity index (χ1v) is 14.2. The summed E-state index contributed by atoms with van der Waals surface area (Å²) in [4.78, 5) is 42.8. The predicted molar refractivity (Wildman–Crippen MR) is 152 cm³/mol. The van der Waals surface area contributed by atoms with Crippen molar-refractivity contribution in [1.29, 1.82) is 0 Å². The van der Waals surface area contributed by atoms with Gasteiger partial charge in [0.05, 0.1) is 37.9 Å². The number of benzene rings is 2. The minimum Gasteiger partial charge on any atom is -0.457 e. The molecule has 216 valence electrons. The van der Waals surface area contributed by atoms with Crippen LogP contribution in [0.1, 0.15) is 36.5 Å². The summed E-state index contributed by atoms with van der Waals surface area (Å²) in [5.74, 6) is 0.926. The van der Waals surface area contributed by atoms with Crippen LogP contribution in [0, 0.1) is 0 Å². The number of ether oxygens (including phenoxy) is 2. The van der Waals surface area contributed by atoms with Gasteiger partial charge < -0.3 is 24.6 Å². The van der Waals surface area contributed by atoms with Gasteiger partial charge in [0.2, 0.25) is 17.7 Å². The lowest BCUT2D eigenvalue weighted by atomic mass is 10.0. The van der Waals surface area contributed by atoms with Gasteiger partial charge >= 0.3 is 0 Å². The molecule has 0 unspecified atom stereocenters. The van der Waals surface area contributed by atoms with E-state index in [9.17, 15) is 14.4 Å². The first kappa shape index (κ1) is 28.4. The van der Waals surface area contributed by atoms with Gasteiger partial charge in [0.1, 0.15) is 11.5 Å². The minimum absolute atomic E-state index is 0.0295. The molecular weight excluding hydrogens is 522 g/mol. The standard InChI is InChI=1S/C31H37N5O5/c1-3-35-20-29(37)33-27-19-36(30(38)11-10-24-17-32-34(2)18-24)13-12-28(27)40-21-23-7-5-9-26(15-23)41-25-8-4-6-22(14-25)16-31(35)39/h4-9,14-15,17-18,27-28H,3,10-13,16,19-21H2,1-2H3,(H,33,37)/t27-,28-/m0/s1. The van der Waals surface area contributed by atoms with E-state index in [0.29, 0.717) is 57.0 Å². The molecule has 3 aromatic rings. The van der Waals surface area contributed by atoms with Crippen molar-refractivity contribution in [2.75, 3.05) is 26.2 Å². The number of carbonyl (C=O) groups is 3. The average molecular weight is 560 g/mol. The molecule has 2 aromatic carbocycles. The molecule has 0 saturated carbocycles. The van der Waals surface area contributed by atoms with Gasteiger partial charge in [-0.2, -0.15) is 5.10 Å². The zero-order valence-corrected chi connectivity index (χ0v) is 23.6. The van der Waals surface area contributed by atoms with Crippen LogP contribution in [0.2, 0.25) is 0 Å². The van der Waals surface area contributed by atoms with E-state index in [0.717, 1.165) is 16.7 Å². The molecule has 5 rings (SSSR count). The summed E-state index contributed by atoms with van der Waals surface area (Å²) in [7, 11) is 1.85. The third-order valence-electron chi connectivity index (χ3n) is 7.56. The number of rotatable bonds is 4. The Bertz CT molecular complexity index is 1390. The van der Waals surface area contributed by atoms with Gasteiger partial charge in [0, 0.05) is 39.3 Å². The van der Waals surface area contributed by atoms with E-state index in [4.69, 9.17) is 9.47 Å². The maximum absolute atomic E-state index is 13.2. The molecule has 2 aliphatic heterocycles. The molecule has 0 aliphatic carbocycles. The number of aromatic nitrogens is 2. The number of likely N-dealkylation sites (N-methyl/N-ethyl adjacent to an activating group) is 1. The molecule has 2 atom stereocenters. The number of piperidine rings is 1. The second kappa shape index (κ2) is 13.0. The highest BCUT2D eigenvalue weighted by Gasteiger charge is 2.33. The van der Waals surface area contributed by atoms with Crippen LogP contribution in [0.4, 0.5) is 0 Å². The highest BCUT2D eigenvalue weighted by Crippen LogP contribution is 2.25. The number of nitrogens with one attached hydrogen (secondary N) is 1. The van der Waals surface area contributed by atoms with Crippen LogP contribution in [0.5, 0.6) is 11.5 Å². The first-order valence-electron chi connectivity index (χ1n) is 14.2. The molecule has 4 bridgehead atoms. The van der Waals surface area contributed by atoms with Crippen LogP contribution >= 0.6 is 0 Å². The van der Waals surface area contributed by atoms with Crippen molar-refractivity contribution < 1.29 is 23.9 Å². The van der Waals surface area contributed by atoms with Crippen molar-refractivity contribution in [2.45, 2.75) is 51.4 Å². The summed E-state index contributed by atoms with van der Waals surface area (Å²) < 4.78 is 14.2. The number of aryl methyl sites for hydroxylation is 2. The Labute approximate surface area is 240 Å². The molecule has 1 N–H and O–H groups in total. The number of nitrogens with zero attached hydrogens (tertiary/aromatic N) is 4. The fourth-order valence-electron chi connectivity index (χ4n) is 5.35. The number of hydrogen-bond acceptors (Lipinski definition) is 6. The second-order valence-electron chi connectivity index (χ2n) is 10.7. The normalized spacial score (nSPS) is 20.0. The Morgan fingerprint density at radius 1 is 1.10 bits per heavy atom. The Balaban J connectivity index is 1.33. The van der Waals surface area contributed by atoms with E-state index < -0.39 is 6.04 Å². The second-order valence-corrected chi connectivity index (χ2v) is 10.7. The molecule has 0 spiro atoms. The molecule has 1 aromatic heterocycles. The highest BCUT2D eigenvalue weighted by molar-refractivity contribution is 5.86. The third kappa shape index (κ3) is 7.52. The van der Waals surface area contributed by atoms with Gasteiger partial charge in [-0.1, -0.05) is 24.3 Å². The first-order chi connectivity index (χ1) is 19.9. The van der Waals surface area contributed by atoms with Gasteiger partial charge in [0.25, 0.3) is 0 Å². The van der Waals surface area contributed by atoms with Gasteiger partial charge in [-0.15, -0.1) is 0 Å². The summed E-state index contributed by atoms with van der Waals surface area (Å²) in [6.45, 7) is 3.42. The van der Waals surface area contributed by atoms with Gasteiger partial charge in [-0.25, -0.2) is 0 Å². The quantitative estimate of drug-likeness (QED) is 0.527. The van der Waals surface area contributed by atoms with E-state index in [1.165, 1.54) is 0 Å². The minimum atomic E-state index is -0.405. The van der Waals surface area contributed by atoms with E-state index in [1.807, 2.05) is 68.7 Å². The topological polar surface area (TPSA) is 106 Å². The van der Waals surface area contributed by atoms with Crippen LogP contribution in [0.15, 0.2) is 60.9 Å². The molecular formula is C31H37N5O5. The van der Waals surface area contributed by atoms with Gasteiger partial charge in [-0.05, 0) is 60.7 Å². The molecule has 3 heterocycles. The third-order valence-corrected chi connectivity index (χ3v) is 7.56. The molecule has 2 aliphatic rings. The monoisotopic (exact) mass is 559 g/mol. The number of hydrogen-bond donors (Lipinski definition) is 1. The average Bonchev–Trinajstić information content (AvgIpc) is 3.38. The Morgan fingerprint density at radius 3 is 2.59 bits per heavy atom. The van der Waals surface area contributed by atoms with Gasteiger partial charge in [-0.3, -0.25) is 19.1 Å². The summed E-state index contributed by atoms with van der Waals surface area (Å²) in [6.07, 6.45) is 5.11. The van der Waals surface area contributed by atoms with Crippen LogP contribution in [0.3, 0.4) is 0 Å². The van der Waals surface area contributed by atoms with E-state index in [2.05, 4.69) is 10.4 Å². The molecule has 10 heteroatoms. The van der Waals surface area contributed by atoms with Crippen LogP contribution in [0.25, 0.3) is 0 Å². The summed E-state index contributed by atoms with van der Waals surface area (Å²) in [5, 5.41) is 7.26. The zero-order valence-electron chi connectivity index (χ0n) is 23.6. The number of likely N-dealkylation sites (tertiary alicyclic amines) is 1. The maximum atomic E-state index is 13.2. The fourth-order valence-corrected chi connectivity index (χ4v) is 5.35. The molecule has 1 saturated heterocycles. The van der Waals surface area contributed by atoms with Crippen molar-refractivity contribution in [3.63, 3.8) is 0 Å². The number of fused-ring (bicyclic) bond motifs is 5. The van der Waals surface area contributed by atoms with Crippen LogP contribution in [-0.2, 0) is 45.6 Å². The SMILES string of the molecule is CCN1CC(=O)N[C@H]2CN(C(=O)CCc3cnn(C)c3)CC[C@@H]2OCc2cccc(c2)Oc2cccc(c2)CC1=O. The molecule has 1 fully saturated rings. The number of carbonyl (C=O) groups excluding carboxylic acids is 3. The van der Waals surface area contributed by atoms with Gasteiger partial charge in [0.15, 0.2) is 0 Å². The highest BCUT2D eigenvalue weighted by atomic mass is 16.5. The zero-order chi connectivity index (χ0) is 28.8. The Kier molecular flexibility index (Phi) is 8.98. The smallest absolute Gasteiger partial charge is 0.239 e. The summed E-state index contributed by atoms with van der Waals surface area (Å²) in [6, 6.07) is 14.7. The molecule has 10 nitrogen and oxygen atoms in total.